The van der Waals surface area contributed by atoms with Gasteiger partial charge in [-0.2, -0.15) is 0 Å². The fourth-order valence-corrected chi connectivity index (χ4v) is 0.920. The van der Waals surface area contributed by atoms with Crippen LogP contribution in [-0.4, -0.2) is 25.3 Å². The first-order valence-corrected chi connectivity index (χ1v) is 4.67. The topological polar surface area (TPSA) is 64.5 Å². The number of methoxy groups -OCH3 is 1. The molecule has 0 rings (SSSR count). The van der Waals surface area contributed by atoms with E-state index in [1.54, 1.807) is 18.3 Å². The Hall–Kier alpha value is -0.740. The number of nitrogens with two attached hydrogens (primary N) is 2. The maximum Gasteiger partial charge on any atom is 0.0653 e. The van der Waals surface area contributed by atoms with Gasteiger partial charge >= 0.3 is 0 Å². The largest absolute Gasteiger partial charge is 0.401 e. The lowest BCUT2D eigenvalue weighted by molar-refractivity contribution is 0.169. The van der Waals surface area contributed by atoms with Crippen molar-refractivity contribution in [2.75, 3.05) is 20.3 Å². The minimum atomic E-state index is 0.619. The van der Waals surface area contributed by atoms with Gasteiger partial charge in [-0.05, 0) is 12.8 Å². The molecule has 0 radical (unpaired) electrons. The summed E-state index contributed by atoms with van der Waals surface area (Å²) in [5.41, 5.74) is 6.56. The lowest BCUT2D eigenvalue weighted by Gasteiger charge is -2.13. The number of hydrazine groups is 1. The Morgan fingerprint density at radius 3 is 2.77 bits per heavy atom. The van der Waals surface area contributed by atoms with Crippen molar-refractivity contribution < 1.29 is 4.74 Å². The van der Waals surface area contributed by atoms with E-state index in [2.05, 4.69) is 6.92 Å². The van der Waals surface area contributed by atoms with Crippen LogP contribution in [0, 0.1) is 0 Å². The second-order valence-corrected chi connectivity index (χ2v) is 3.04. The molecular formula is C9H21N3O. The molecule has 0 spiro atoms. The fourth-order valence-electron chi connectivity index (χ4n) is 0.920. The molecule has 0 aromatic heterocycles. The van der Waals surface area contributed by atoms with Crippen LogP contribution in [0.15, 0.2) is 11.9 Å². The van der Waals surface area contributed by atoms with E-state index in [-0.39, 0.29) is 0 Å². The van der Waals surface area contributed by atoms with Crippen molar-refractivity contribution in [3.05, 3.63) is 11.9 Å². The summed E-state index contributed by atoms with van der Waals surface area (Å²) < 4.78 is 4.88. The number of hydrogen-bond donors (Lipinski definition) is 2. The summed E-state index contributed by atoms with van der Waals surface area (Å²) in [6.07, 6.45) is 4.95. The van der Waals surface area contributed by atoms with Gasteiger partial charge in [0.1, 0.15) is 0 Å². The van der Waals surface area contributed by atoms with Crippen LogP contribution in [0.5, 0.6) is 0 Å². The van der Waals surface area contributed by atoms with Gasteiger partial charge in [0.2, 0.25) is 0 Å². The molecular weight excluding hydrogens is 166 g/mol. The van der Waals surface area contributed by atoms with Gasteiger partial charge in [0.25, 0.3) is 0 Å². The standard InChI is InChI=1S/C9H21N3O/c1-3-4-5-9(10)8-12(11)6-7-13-2/h8H,3-7,10-11H2,1-2H3/b9-8-. The summed E-state index contributed by atoms with van der Waals surface area (Å²) in [5, 5.41) is 1.56. The average molecular weight is 187 g/mol. The van der Waals surface area contributed by atoms with Crippen molar-refractivity contribution in [3.8, 4) is 0 Å². The molecule has 0 aromatic carbocycles. The van der Waals surface area contributed by atoms with E-state index in [1.165, 1.54) is 0 Å². The van der Waals surface area contributed by atoms with Gasteiger partial charge < -0.3 is 15.5 Å². The van der Waals surface area contributed by atoms with E-state index < -0.39 is 0 Å². The lowest BCUT2D eigenvalue weighted by Crippen LogP contribution is -2.29. The number of nitrogens with zero attached hydrogens (tertiary/aromatic N) is 1. The van der Waals surface area contributed by atoms with E-state index >= 15 is 0 Å². The van der Waals surface area contributed by atoms with Crippen LogP contribution in [0.25, 0.3) is 0 Å². The third-order valence-electron chi connectivity index (χ3n) is 1.70. The third-order valence-corrected chi connectivity index (χ3v) is 1.70. The zero-order valence-corrected chi connectivity index (χ0v) is 8.62. The highest BCUT2D eigenvalue weighted by molar-refractivity contribution is 4.94. The first-order chi connectivity index (χ1) is 6.20. The number of rotatable bonds is 7. The van der Waals surface area contributed by atoms with Crippen molar-refractivity contribution in [2.45, 2.75) is 26.2 Å². The molecule has 13 heavy (non-hydrogen) atoms. The minimum Gasteiger partial charge on any atom is -0.401 e. The van der Waals surface area contributed by atoms with Gasteiger partial charge in [-0.15, -0.1) is 0 Å². The van der Waals surface area contributed by atoms with Gasteiger partial charge in [0.15, 0.2) is 0 Å². The van der Waals surface area contributed by atoms with Crippen LogP contribution in [0.4, 0.5) is 0 Å². The van der Waals surface area contributed by atoms with Crippen LogP contribution in [0.3, 0.4) is 0 Å². The molecule has 0 amide bonds. The second kappa shape index (κ2) is 7.89. The van der Waals surface area contributed by atoms with Crippen LogP contribution in [-0.2, 0) is 4.74 Å². The lowest BCUT2D eigenvalue weighted by atomic mass is 10.2. The van der Waals surface area contributed by atoms with E-state index in [0.717, 1.165) is 25.0 Å². The zero-order chi connectivity index (χ0) is 10.1. The normalized spacial score (nSPS) is 11.8. The molecule has 78 valence electrons. The van der Waals surface area contributed by atoms with Crippen LogP contribution < -0.4 is 11.6 Å². The molecule has 0 aromatic rings. The summed E-state index contributed by atoms with van der Waals surface area (Å²) >= 11 is 0. The highest BCUT2D eigenvalue weighted by Crippen LogP contribution is 2.01. The number of allylic oxidation sites excluding steroid dienone is 1. The Morgan fingerprint density at radius 1 is 1.54 bits per heavy atom. The first kappa shape index (κ1) is 12.3. The molecule has 4 N–H and O–H groups in total. The monoisotopic (exact) mass is 187 g/mol. The summed E-state index contributed by atoms with van der Waals surface area (Å²) in [6.45, 7) is 3.43. The summed E-state index contributed by atoms with van der Waals surface area (Å²) in [5.74, 6) is 5.63. The molecule has 0 atom stereocenters. The number of unbranched alkanes of at least 4 members (excludes halogenated alkanes) is 1. The average Bonchev–Trinajstić information content (AvgIpc) is 2.11. The fraction of sp³-hybridized carbons (Fsp3) is 0.778. The summed E-state index contributed by atoms with van der Waals surface area (Å²) in [6, 6.07) is 0. The Bertz CT molecular complexity index is 148. The Kier molecular flexibility index (Phi) is 7.44. The molecule has 0 aliphatic heterocycles. The molecule has 0 aliphatic carbocycles. The van der Waals surface area contributed by atoms with E-state index in [0.29, 0.717) is 13.2 Å². The second-order valence-electron chi connectivity index (χ2n) is 3.04. The van der Waals surface area contributed by atoms with Gasteiger partial charge in [0, 0.05) is 19.0 Å². The maximum atomic E-state index is 5.73. The van der Waals surface area contributed by atoms with Gasteiger partial charge in [-0.3, -0.25) is 0 Å². The van der Waals surface area contributed by atoms with E-state index in [4.69, 9.17) is 16.3 Å². The highest BCUT2D eigenvalue weighted by Gasteiger charge is 1.94. The van der Waals surface area contributed by atoms with Crippen LogP contribution in [0.2, 0.25) is 0 Å². The predicted octanol–water partition coefficient (Wildman–Crippen LogP) is 0.799. The maximum absolute atomic E-state index is 5.73. The Labute approximate surface area is 80.5 Å². The zero-order valence-electron chi connectivity index (χ0n) is 8.62. The molecule has 0 heterocycles. The molecule has 0 bridgehead atoms. The van der Waals surface area contributed by atoms with Gasteiger partial charge in [-0.1, -0.05) is 13.3 Å². The highest BCUT2D eigenvalue weighted by atomic mass is 16.5. The Balaban J connectivity index is 3.63. The number of hydrogen-bond acceptors (Lipinski definition) is 4. The van der Waals surface area contributed by atoms with Crippen LogP contribution in [0.1, 0.15) is 26.2 Å². The van der Waals surface area contributed by atoms with Crippen molar-refractivity contribution in [1.82, 2.24) is 5.01 Å². The molecule has 0 saturated carbocycles. The van der Waals surface area contributed by atoms with E-state index in [9.17, 15) is 0 Å². The molecule has 4 nitrogen and oxygen atoms in total. The molecule has 0 unspecified atom stereocenters. The molecule has 0 fully saturated rings. The SMILES string of the molecule is CCCC/C(N)=C/N(N)CCOC. The van der Waals surface area contributed by atoms with Crippen LogP contribution >= 0.6 is 0 Å². The first-order valence-electron chi connectivity index (χ1n) is 4.67. The van der Waals surface area contributed by atoms with E-state index in [1.807, 2.05) is 0 Å². The summed E-state index contributed by atoms with van der Waals surface area (Å²) in [4.78, 5) is 0. The molecule has 4 heteroatoms. The summed E-state index contributed by atoms with van der Waals surface area (Å²) in [7, 11) is 1.65. The molecule has 0 saturated heterocycles. The minimum absolute atomic E-state index is 0.619. The quantitative estimate of drug-likeness (QED) is 0.457. The van der Waals surface area contributed by atoms with Crippen molar-refractivity contribution in [1.29, 1.82) is 0 Å². The smallest absolute Gasteiger partial charge is 0.0653 e. The third kappa shape index (κ3) is 7.62. The van der Waals surface area contributed by atoms with Gasteiger partial charge in [-0.25, -0.2) is 5.84 Å². The molecule has 0 aliphatic rings. The van der Waals surface area contributed by atoms with Crippen molar-refractivity contribution in [3.63, 3.8) is 0 Å². The van der Waals surface area contributed by atoms with Crippen molar-refractivity contribution in [2.24, 2.45) is 11.6 Å². The number of ether oxygens (including phenoxy) is 1. The predicted molar refractivity (Wildman–Crippen MR) is 54.6 cm³/mol. The van der Waals surface area contributed by atoms with Gasteiger partial charge in [0.05, 0.1) is 13.2 Å². The van der Waals surface area contributed by atoms with Crippen molar-refractivity contribution >= 4 is 0 Å². The Morgan fingerprint density at radius 2 is 2.23 bits per heavy atom.